The highest BCUT2D eigenvalue weighted by Crippen LogP contribution is 2.26. The van der Waals surface area contributed by atoms with Gasteiger partial charge in [0.25, 0.3) is 0 Å². The quantitative estimate of drug-likeness (QED) is 0.602. The van der Waals surface area contributed by atoms with E-state index in [1.165, 1.54) is 11.3 Å². The summed E-state index contributed by atoms with van der Waals surface area (Å²) in [6, 6.07) is 14.9. The van der Waals surface area contributed by atoms with Crippen LogP contribution < -0.4 is 10.1 Å². The molecule has 1 aromatic heterocycles. The Labute approximate surface area is 162 Å². The molecule has 0 radical (unpaired) electrons. The van der Waals surface area contributed by atoms with Crippen LogP contribution in [-0.4, -0.2) is 23.8 Å². The number of rotatable bonds is 7. The molecule has 0 saturated carbocycles. The molecule has 0 atom stereocenters. The van der Waals surface area contributed by atoms with Gasteiger partial charge in [0.05, 0.1) is 12.8 Å². The lowest BCUT2D eigenvalue weighted by molar-refractivity contribution is -0.116. The number of benzene rings is 2. The summed E-state index contributed by atoms with van der Waals surface area (Å²) in [4.78, 5) is 28.7. The van der Waals surface area contributed by atoms with Crippen LogP contribution >= 0.6 is 11.3 Å². The summed E-state index contributed by atoms with van der Waals surface area (Å²) in [5.41, 5.74) is 3.46. The molecule has 0 aliphatic heterocycles. The predicted octanol–water partition coefficient (Wildman–Crippen LogP) is 4.73. The molecule has 0 spiro atoms. The van der Waals surface area contributed by atoms with Crippen molar-refractivity contribution < 1.29 is 14.3 Å². The number of Topliss-reactive ketones (excluding diaryl/α,β-unsaturated/α-hetero) is 1. The average molecular weight is 380 g/mol. The first kappa shape index (κ1) is 18.8. The standard InChI is InChI=1S/C21H20N2O3S/c1-14-3-5-16(6-4-14)19(24)11-12-20(25)23-21-22-18(13-27-21)15-7-9-17(26-2)10-8-15/h3-10,13H,11-12H2,1-2H3,(H,22,23,25). The maximum Gasteiger partial charge on any atom is 0.226 e. The van der Waals surface area contributed by atoms with Gasteiger partial charge in [0.15, 0.2) is 10.9 Å². The zero-order chi connectivity index (χ0) is 19.2. The molecule has 5 nitrogen and oxygen atoms in total. The first-order valence-corrected chi connectivity index (χ1v) is 9.43. The smallest absolute Gasteiger partial charge is 0.226 e. The summed E-state index contributed by atoms with van der Waals surface area (Å²) in [6.45, 7) is 1.97. The number of amides is 1. The van der Waals surface area contributed by atoms with Crippen LogP contribution in [0.3, 0.4) is 0 Å². The first-order valence-electron chi connectivity index (χ1n) is 8.55. The molecule has 1 N–H and O–H groups in total. The molecule has 1 heterocycles. The molecule has 0 unspecified atom stereocenters. The number of anilines is 1. The summed E-state index contributed by atoms with van der Waals surface area (Å²) in [5, 5.41) is 5.17. The maximum absolute atomic E-state index is 12.2. The van der Waals surface area contributed by atoms with Crippen LogP contribution in [0, 0.1) is 6.92 Å². The Balaban J connectivity index is 1.54. The van der Waals surface area contributed by atoms with Gasteiger partial charge in [-0.05, 0) is 31.2 Å². The second-order valence-electron chi connectivity index (χ2n) is 6.10. The maximum atomic E-state index is 12.2. The van der Waals surface area contributed by atoms with E-state index in [4.69, 9.17) is 4.74 Å². The number of nitrogens with zero attached hydrogens (tertiary/aromatic N) is 1. The van der Waals surface area contributed by atoms with Gasteiger partial charge in [0, 0.05) is 29.3 Å². The van der Waals surface area contributed by atoms with Gasteiger partial charge in [-0.15, -0.1) is 11.3 Å². The molecule has 3 aromatic rings. The fourth-order valence-electron chi connectivity index (χ4n) is 2.52. The number of ketones is 1. The fourth-order valence-corrected chi connectivity index (χ4v) is 3.25. The van der Waals surface area contributed by atoms with E-state index in [9.17, 15) is 9.59 Å². The minimum Gasteiger partial charge on any atom is -0.497 e. The van der Waals surface area contributed by atoms with Gasteiger partial charge in [-0.1, -0.05) is 29.8 Å². The number of hydrogen-bond acceptors (Lipinski definition) is 5. The molecule has 6 heteroatoms. The third-order valence-corrected chi connectivity index (χ3v) is 4.85. The number of methoxy groups -OCH3 is 1. The number of carbonyl (C=O) groups is 2. The van der Waals surface area contributed by atoms with E-state index in [0.29, 0.717) is 10.7 Å². The second-order valence-corrected chi connectivity index (χ2v) is 6.96. The van der Waals surface area contributed by atoms with E-state index < -0.39 is 0 Å². The van der Waals surface area contributed by atoms with E-state index in [2.05, 4.69) is 10.3 Å². The number of hydrogen-bond donors (Lipinski definition) is 1. The van der Waals surface area contributed by atoms with Crippen molar-refractivity contribution in [3.8, 4) is 17.0 Å². The SMILES string of the molecule is COc1ccc(-c2csc(NC(=O)CCC(=O)c3ccc(C)cc3)n2)cc1. The molecule has 0 fully saturated rings. The molecule has 1 amide bonds. The van der Waals surface area contributed by atoms with E-state index >= 15 is 0 Å². The van der Waals surface area contributed by atoms with Crippen molar-refractivity contribution in [2.24, 2.45) is 0 Å². The van der Waals surface area contributed by atoms with Crippen LogP contribution in [0.5, 0.6) is 5.75 Å². The fraction of sp³-hybridized carbons (Fsp3) is 0.190. The molecule has 0 aliphatic carbocycles. The lowest BCUT2D eigenvalue weighted by Crippen LogP contribution is -2.13. The Morgan fingerprint density at radius 2 is 1.74 bits per heavy atom. The van der Waals surface area contributed by atoms with E-state index in [0.717, 1.165) is 22.6 Å². The van der Waals surface area contributed by atoms with Crippen LogP contribution in [0.2, 0.25) is 0 Å². The first-order chi connectivity index (χ1) is 13.0. The Kier molecular flexibility index (Phi) is 5.98. The average Bonchev–Trinajstić information content (AvgIpc) is 3.15. The number of aromatic nitrogens is 1. The monoisotopic (exact) mass is 380 g/mol. The third-order valence-electron chi connectivity index (χ3n) is 4.09. The second kappa shape index (κ2) is 8.60. The van der Waals surface area contributed by atoms with E-state index in [-0.39, 0.29) is 24.5 Å². The minimum atomic E-state index is -0.217. The van der Waals surface area contributed by atoms with E-state index in [1.54, 1.807) is 19.2 Å². The van der Waals surface area contributed by atoms with Crippen LogP contribution in [0.4, 0.5) is 5.13 Å². The van der Waals surface area contributed by atoms with Crippen molar-refractivity contribution in [3.05, 3.63) is 65.0 Å². The van der Waals surface area contributed by atoms with Crippen molar-refractivity contribution in [1.29, 1.82) is 0 Å². The summed E-state index contributed by atoms with van der Waals surface area (Å²) in [7, 11) is 1.62. The van der Waals surface area contributed by atoms with Crippen LogP contribution in [-0.2, 0) is 4.79 Å². The van der Waals surface area contributed by atoms with Gasteiger partial charge < -0.3 is 10.1 Å². The summed E-state index contributed by atoms with van der Waals surface area (Å²) < 4.78 is 5.14. The molecular weight excluding hydrogens is 360 g/mol. The molecular formula is C21H20N2O3S. The number of carbonyl (C=O) groups excluding carboxylic acids is 2. The van der Waals surface area contributed by atoms with Gasteiger partial charge in [0.2, 0.25) is 5.91 Å². The number of thiazole rings is 1. The zero-order valence-corrected chi connectivity index (χ0v) is 16.0. The molecule has 3 rings (SSSR count). The van der Waals surface area contributed by atoms with Gasteiger partial charge in [0.1, 0.15) is 5.75 Å². The van der Waals surface area contributed by atoms with E-state index in [1.807, 2.05) is 48.7 Å². The highest BCUT2D eigenvalue weighted by atomic mass is 32.1. The summed E-state index contributed by atoms with van der Waals surface area (Å²) >= 11 is 1.36. The molecule has 27 heavy (non-hydrogen) atoms. The highest BCUT2D eigenvalue weighted by molar-refractivity contribution is 7.14. The molecule has 0 saturated heterocycles. The van der Waals surface area contributed by atoms with Gasteiger partial charge in [-0.3, -0.25) is 9.59 Å². The Bertz CT molecular complexity index is 931. The Morgan fingerprint density at radius 3 is 2.41 bits per heavy atom. The molecule has 2 aromatic carbocycles. The largest absolute Gasteiger partial charge is 0.497 e. The lowest BCUT2D eigenvalue weighted by atomic mass is 10.1. The number of nitrogens with one attached hydrogen (secondary N) is 1. The third kappa shape index (κ3) is 5.01. The summed E-state index contributed by atoms with van der Waals surface area (Å²) in [5.74, 6) is 0.523. The topological polar surface area (TPSA) is 68.3 Å². The molecule has 0 aliphatic rings. The number of aryl methyl sites for hydroxylation is 1. The van der Waals surface area contributed by atoms with Crippen molar-refractivity contribution in [2.75, 3.05) is 12.4 Å². The lowest BCUT2D eigenvalue weighted by Gasteiger charge is -2.03. The van der Waals surface area contributed by atoms with Gasteiger partial charge >= 0.3 is 0 Å². The van der Waals surface area contributed by atoms with Crippen LogP contribution in [0.25, 0.3) is 11.3 Å². The van der Waals surface area contributed by atoms with Crippen LogP contribution in [0.15, 0.2) is 53.9 Å². The van der Waals surface area contributed by atoms with Crippen molar-refractivity contribution in [1.82, 2.24) is 4.98 Å². The van der Waals surface area contributed by atoms with Crippen molar-refractivity contribution in [2.45, 2.75) is 19.8 Å². The van der Waals surface area contributed by atoms with Crippen molar-refractivity contribution in [3.63, 3.8) is 0 Å². The molecule has 138 valence electrons. The Morgan fingerprint density at radius 1 is 1.04 bits per heavy atom. The zero-order valence-electron chi connectivity index (χ0n) is 15.2. The minimum absolute atomic E-state index is 0.0387. The highest BCUT2D eigenvalue weighted by Gasteiger charge is 2.12. The number of ether oxygens (including phenoxy) is 1. The molecule has 0 bridgehead atoms. The van der Waals surface area contributed by atoms with Gasteiger partial charge in [-0.2, -0.15) is 0 Å². The summed E-state index contributed by atoms with van der Waals surface area (Å²) in [6.07, 6.45) is 0.301. The van der Waals surface area contributed by atoms with Crippen LogP contribution in [0.1, 0.15) is 28.8 Å². The normalized spacial score (nSPS) is 10.4. The predicted molar refractivity (Wildman–Crippen MR) is 107 cm³/mol. The van der Waals surface area contributed by atoms with Crippen molar-refractivity contribution >= 4 is 28.2 Å². The Hall–Kier alpha value is -2.99. The van der Waals surface area contributed by atoms with Gasteiger partial charge in [-0.25, -0.2) is 4.98 Å².